The minimum atomic E-state index is -4.35. The van der Waals surface area contributed by atoms with E-state index in [0.717, 1.165) is 25.8 Å². The summed E-state index contributed by atoms with van der Waals surface area (Å²) in [5, 5.41) is 7.34. The molecule has 2 aromatic rings. The fourth-order valence-corrected chi connectivity index (χ4v) is 2.70. The first-order valence-electron chi connectivity index (χ1n) is 7.40. The van der Waals surface area contributed by atoms with Crippen LogP contribution >= 0.6 is 0 Å². The number of halogens is 3. The van der Waals surface area contributed by atoms with E-state index in [-0.39, 0.29) is 11.9 Å². The Bertz CT molecular complexity index is 631. The summed E-state index contributed by atoms with van der Waals surface area (Å²) in [5.41, 5.74) is 0. The van der Waals surface area contributed by atoms with Gasteiger partial charge in [-0.25, -0.2) is 9.97 Å². The lowest BCUT2D eigenvalue weighted by Gasteiger charge is -2.32. The maximum absolute atomic E-state index is 12.4. The van der Waals surface area contributed by atoms with E-state index in [4.69, 9.17) is 4.42 Å². The van der Waals surface area contributed by atoms with Crippen molar-refractivity contribution in [2.24, 2.45) is 0 Å². The van der Waals surface area contributed by atoms with Gasteiger partial charge in [-0.2, -0.15) is 13.2 Å². The van der Waals surface area contributed by atoms with Gasteiger partial charge in [-0.15, -0.1) is 10.2 Å². The highest BCUT2D eigenvalue weighted by molar-refractivity contribution is 4.97. The Kier molecular flexibility index (Phi) is 4.56. The van der Waals surface area contributed by atoms with Crippen molar-refractivity contribution in [1.29, 1.82) is 0 Å². The van der Waals surface area contributed by atoms with Crippen molar-refractivity contribution in [3.63, 3.8) is 0 Å². The molecule has 124 valence electrons. The molecular weight excluding hydrogens is 311 g/mol. The van der Waals surface area contributed by atoms with E-state index in [0.29, 0.717) is 12.4 Å². The average Bonchev–Trinajstić information content (AvgIpc) is 2.95. The lowest BCUT2D eigenvalue weighted by Crippen LogP contribution is -2.33. The van der Waals surface area contributed by atoms with Gasteiger partial charge in [0.2, 0.25) is 11.8 Å². The van der Waals surface area contributed by atoms with Gasteiger partial charge in [0.05, 0.1) is 12.6 Å². The van der Waals surface area contributed by atoms with Gasteiger partial charge in [-0.3, -0.25) is 4.90 Å². The smallest absolute Gasteiger partial charge is 0.397 e. The SMILES string of the molecule is FC(F)(F)Cc1nnc(C2CCCCN2Cc2ncccn2)o1. The molecule has 0 bridgehead atoms. The second-order valence-electron chi connectivity index (χ2n) is 5.47. The summed E-state index contributed by atoms with van der Waals surface area (Å²) in [6.45, 7) is 1.29. The zero-order chi connectivity index (χ0) is 16.3. The van der Waals surface area contributed by atoms with Gasteiger partial charge < -0.3 is 4.42 Å². The van der Waals surface area contributed by atoms with Crippen LogP contribution in [0.25, 0.3) is 0 Å². The Morgan fingerprint density at radius 2 is 1.96 bits per heavy atom. The minimum Gasteiger partial charge on any atom is -0.423 e. The third-order valence-corrected chi connectivity index (χ3v) is 3.70. The maximum Gasteiger partial charge on any atom is 0.397 e. The molecule has 0 spiro atoms. The largest absolute Gasteiger partial charge is 0.423 e. The molecule has 6 nitrogen and oxygen atoms in total. The highest BCUT2D eigenvalue weighted by atomic mass is 19.4. The predicted molar refractivity (Wildman–Crippen MR) is 73.1 cm³/mol. The fourth-order valence-electron chi connectivity index (χ4n) is 2.70. The molecule has 1 aliphatic heterocycles. The van der Waals surface area contributed by atoms with E-state index in [1.165, 1.54) is 0 Å². The Balaban J connectivity index is 1.73. The van der Waals surface area contributed by atoms with E-state index in [1.807, 2.05) is 0 Å². The van der Waals surface area contributed by atoms with E-state index >= 15 is 0 Å². The quantitative estimate of drug-likeness (QED) is 0.860. The standard InChI is InChI=1S/C14H16F3N5O/c15-14(16,17)8-12-20-21-13(23-12)10-4-1-2-7-22(10)9-11-18-5-3-6-19-11/h3,5-6,10H,1-2,4,7-9H2. The van der Waals surface area contributed by atoms with E-state index in [1.54, 1.807) is 18.5 Å². The lowest BCUT2D eigenvalue weighted by molar-refractivity contribution is -0.131. The number of piperidine rings is 1. The van der Waals surface area contributed by atoms with Crippen LogP contribution in [0, 0.1) is 0 Å². The summed E-state index contributed by atoms with van der Waals surface area (Å²) in [6.07, 6.45) is 0.508. The highest BCUT2D eigenvalue weighted by Gasteiger charge is 2.33. The Morgan fingerprint density at radius 3 is 2.70 bits per heavy atom. The fraction of sp³-hybridized carbons (Fsp3) is 0.571. The van der Waals surface area contributed by atoms with Crippen molar-refractivity contribution in [3.05, 3.63) is 36.1 Å². The molecule has 0 saturated carbocycles. The zero-order valence-electron chi connectivity index (χ0n) is 12.3. The van der Waals surface area contributed by atoms with Gasteiger partial charge in [0.15, 0.2) is 0 Å². The number of nitrogens with zero attached hydrogens (tertiary/aromatic N) is 5. The summed E-state index contributed by atoms with van der Waals surface area (Å²) >= 11 is 0. The number of likely N-dealkylation sites (tertiary alicyclic amines) is 1. The molecule has 0 radical (unpaired) electrons. The number of rotatable bonds is 4. The molecule has 1 fully saturated rings. The number of hydrogen-bond donors (Lipinski definition) is 0. The molecule has 1 saturated heterocycles. The molecule has 0 aromatic carbocycles. The van der Waals surface area contributed by atoms with Crippen molar-refractivity contribution in [3.8, 4) is 0 Å². The molecule has 1 atom stereocenters. The summed E-state index contributed by atoms with van der Waals surface area (Å²) in [6, 6.07) is 1.54. The van der Waals surface area contributed by atoms with Crippen LogP contribution < -0.4 is 0 Å². The van der Waals surface area contributed by atoms with Crippen molar-refractivity contribution < 1.29 is 17.6 Å². The molecule has 3 rings (SSSR count). The Hall–Kier alpha value is -2.03. The van der Waals surface area contributed by atoms with Crippen LogP contribution in [0.5, 0.6) is 0 Å². The zero-order valence-corrected chi connectivity index (χ0v) is 12.3. The van der Waals surface area contributed by atoms with Crippen molar-refractivity contribution in [2.45, 2.75) is 44.4 Å². The molecule has 1 unspecified atom stereocenters. The molecule has 0 aliphatic carbocycles. The van der Waals surface area contributed by atoms with Gasteiger partial charge in [0.1, 0.15) is 12.2 Å². The van der Waals surface area contributed by atoms with E-state index in [9.17, 15) is 13.2 Å². The van der Waals surface area contributed by atoms with E-state index < -0.39 is 18.5 Å². The van der Waals surface area contributed by atoms with Crippen LogP contribution in [0.4, 0.5) is 13.2 Å². The van der Waals surface area contributed by atoms with Crippen LogP contribution in [0.2, 0.25) is 0 Å². The lowest BCUT2D eigenvalue weighted by atomic mass is 10.0. The van der Waals surface area contributed by atoms with Crippen LogP contribution in [-0.2, 0) is 13.0 Å². The van der Waals surface area contributed by atoms with Crippen molar-refractivity contribution in [1.82, 2.24) is 25.1 Å². The summed E-state index contributed by atoms with van der Waals surface area (Å²) in [4.78, 5) is 10.4. The first-order valence-corrected chi connectivity index (χ1v) is 7.40. The average molecular weight is 327 g/mol. The normalized spacial score (nSPS) is 19.9. The number of hydrogen-bond acceptors (Lipinski definition) is 6. The van der Waals surface area contributed by atoms with Crippen LogP contribution in [0.15, 0.2) is 22.9 Å². The topological polar surface area (TPSA) is 67.9 Å². The molecule has 0 amide bonds. The van der Waals surface area contributed by atoms with Crippen molar-refractivity contribution in [2.75, 3.05) is 6.54 Å². The summed E-state index contributed by atoms with van der Waals surface area (Å²) in [7, 11) is 0. The molecular formula is C14H16F3N5O. The van der Waals surface area contributed by atoms with Gasteiger partial charge in [-0.1, -0.05) is 6.42 Å². The molecule has 0 N–H and O–H groups in total. The van der Waals surface area contributed by atoms with Gasteiger partial charge in [-0.05, 0) is 25.5 Å². The Labute approximate surface area is 130 Å². The second kappa shape index (κ2) is 6.61. The second-order valence-corrected chi connectivity index (χ2v) is 5.47. The molecule has 1 aliphatic rings. The number of aromatic nitrogens is 4. The first-order chi connectivity index (χ1) is 11.0. The Morgan fingerprint density at radius 1 is 1.17 bits per heavy atom. The third kappa shape index (κ3) is 4.25. The maximum atomic E-state index is 12.4. The monoisotopic (exact) mass is 327 g/mol. The summed E-state index contributed by atoms with van der Waals surface area (Å²) in [5.74, 6) is 0.503. The third-order valence-electron chi connectivity index (χ3n) is 3.70. The summed E-state index contributed by atoms with van der Waals surface area (Å²) < 4.78 is 42.4. The molecule has 23 heavy (non-hydrogen) atoms. The number of alkyl halides is 3. The highest BCUT2D eigenvalue weighted by Crippen LogP contribution is 2.31. The predicted octanol–water partition coefficient (Wildman–Crippen LogP) is 2.69. The van der Waals surface area contributed by atoms with Crippen LogP contribution in [0.3, 0.4) is 0 Å². The van der Waals surface area contributed by atoms with Gasteiger partial charge >= 0.3 is 6.18 Å². The molecule has 2 aromatic heterocycles. The van der Waals surface area contributed by atoms with Crippen molar-refractivity contribution >= 4 is 0 Å². The van der Waals surface area contributed by atoms with Crippen LogP contribution in [0.1, 0.15) is 42.9 Å². The molecule has 3 heterocycles. The molecule has 9 heteroatoms. The van der Waals surface area contributed by atoms with Gasteiger partial charge in [0.25, 0.3) is 0 Å². The first kappa shape index (κ1) is 15.9. The van der Waals surface area contributed by atoms with Gasteiger partial charge in [0, 0.05) is 12.4 Å². The van der Waals surface area contributed by atoms with Crippen LogP contribution in [-0.4, -0.2) is 37.8 Å². The van der Waals surface area contributed by atoms with E-state index in [2.05, 4.69) is 25.1 Å². The minimum absolute atomic E-state index is 0.193.